The highest BCUT2D eigenvalue weighted by molar-refractivity contribution is 7.07. The van der Waals surface area contributed by atoms with Crippen LogP contribution < -0.4 is 14.9 Å². The summed E-state index contributed by atoms with van der Waals surface area (Å²) in [6, 6.07) is 9.13. The van der Waals surface area contributed by atoms with Gasteiger partial charge >= 0.3 is 5.97 Å². The Morgan fingerprint density at radius 3 is 2.56 bits per heavy atom. The van der Waals surface area contributed by atoms with Gasteiger partial charge in [-0.05, 0) is 33.3 Å². The number of benzene rings is 1. The normalized spacial score (nSPS) is 16.2. The van der Waals surface area contributed by atoms with E-state index in [1.807, 2.05) is 44.2 Å². The molecule has 0 unspecified atom stereocenters. The number of ether oxygens (including phenoxy) is 1. The highest BCUT2D eigenvalue weighted by Gasteiger charge is 2.31. The molecular weight excluding hydrogens is 336 g/mol. The van der Waals surface area contributed by atoms with Crippen molar-refractivity contribution in [2.24, 2.45) is 4.99 Å². The summed E-state index contributed by atoms with van der Waals surface area (Å²) in [5.74, 6) is -0.430. The zero-order valence-corrected chi connectivity index (χ0v) is 15.5. The minimum atomic E-state index is -0.469. The summed E-state index contributed by atoms with van der Waals surface area (Å²) in [6.07, 6.45) is 0. The topological polar surface area (TPSA) is 60.7 Å². The van der Waals surface area contributed by atoms with Crippen LogP contribution in [0.2, 0.25) is 0 Å². The number of aromatic nitrogens is 1. The van der Waals surface area contributed by atoms with E-state index in [1.165, 1.54) is 15.9 Å². The molecule has 0 radical (unpaired) electrons. The van der Waals surface area contributed by atoms with Crippen LogP contribution in [0.1, 0.15) is 39.3 Å². The van der Waals surface area contributed by atoms with E-state index in [1.54, 1.807) is 13.8 Å². The van der Waals surface area contributed by atoms with Gasteiger partial charge in [-0.15, -0.1) is 0 Å². The summed E-state index contributed by atoms with van der Waals surface area (Å²) < 4.78 is 7.43. The van der Waals surface area contributed by atoms with Crippen LogP contribution in [-0.2, 0) is 9.53 Å². The molecule has 1 aliphatic rings. The molecule has 3 rings (SSSR count). The number of hydrogen-bond acceptors (Lipinski definition) is 5. The molecule has 0 spiro atoms. The predicted octanol–water partition coefficient (Wildman–Crippen LogP) is 2.27. The molecule has 1 aromatic heterocycles. The van der Waals surface area contributed by atoms with Gasteiger partial charge in [-0.3, -0.25) is 9.36 Å². The minimum absolute atomic E-state index is 0.130. The number of hydrogen-bond donors (Lipinski definition) is 0. The molecule has 0 saturated heterocycles. The molecule has 25 heavy (non-hydrogen) atoms. The number of esters is 1. The van der Waals surface area contributed by atoms with Gasteiger partial charge in [0.05, 0.1) is 16.7 Å². The Balaban J connectivity index is 2.34. The summed E-state index contributed by atoms with van der Waals surface area (Å²) in [5.41, 5.74) is 2.71. The molecule has 1 atom stereocenters. The van der Waals surface area contributed by atoms with Gasteiger partial charge in [0.1, 0.15) is 6.04 Å². The number of allylic oxidation sites excluding steroid dienone is 1. The molecule has 2 aromatic rings. The molecule has 1 aromatic carbocycles. The van der Waals surface area contributed by atoms with Gasteiger partial charge in [0.2, 0.25) is 0 Å². The first kappa shape index (κ1) is 17.4. The first-order valence-corrected chi connectivity index (χ1v) is 8.97. The quantitative estimate of drug-likeness (QED) is 0.793. The third-order valence-electron chi connectivity index (χ3n) is 4.08. The van der Waals surface area contributed by atoms with Crippen molar-refractivity contribution < 1.29 is 9.53 Å². The van der Waals surface area contributed by atoms with Gasteiger partial charge in [0.25, 0.3) is 5.56 Å². The van der Waals surface area contributed by atoms with Crippen molar-refractivity contribution in [2.45, 2.75) is 33.7 Å². The monoisotopic (exact) mass is 356 g/mol. The van der Waals surface area contributed by atoms with Crippen LogP contribution >= 0.6 is 11.3 Å². The fraction of sp³-hybridized carbons (Fsp3) is 0.316. The summed E-state index contributed by atoms with van der Waals surface area (Å²) >= 11 is 1.36. The van der Waals surface area contributed by atoms with E-state index in [-0.39, 0.29) is 12.2 Å². The summed E-state index contributed by atoms with van der Waals surface area (Å²) in [5, 5.41) is 0. The molecule has 0 amide bonds. The Bertz CT molecular complexity index is 1020. The molecule has 0 aliphatic carbocycles. The Hall–Kier alpha value is -2.47. The lowest BCUT2D eigenvalue weighted by Gasteiger charge is -2.22. The molecule has 0 saturated carbocycles. The lowest BCUT2D eigenvalue weighted by Crippen LogP contribution is -2.35. The molecule has 6 heteroatoms. The maximum atomic E-state index is 12.7. The molecule has 5 nitrogen and oxygen atoms in total. The lowest BCUT2D eigenvalue weighted by atomic mass is 9.97. The Morgan fingerprint density at radius 1 is 1.28 bits per heavy atom. The van der Waals surface area contributed by atoms with E-state index in [9.17, 15) is 9.59 Å². The summed E-state index contributed by atoms with van der Waals surface area (Å²) in [4.78, 5) is 30.7. The number of carbonyl (C=O) groups excluding carboxylic acids is 1. The minimum Gasteiger partial charge on any atom is -0.463 e. The average molecular weight is 356 g/mol. The van der Waals surface area contributed by atoms with Crippen LogP contribution in [-0.4, -0.2) is 17.1 Å². The van der Waals surface area contributed by atoms with E-state index in [2.05, 4.69) is 0 Å². The van der Waals surface area contributed by atoms with Gasteiger partial charge in [-0.2, -0.15) is 0 Å². The third kappa shape index (κ3) is 2.98. The maximum absolute atomic E-state index is 12.7. The van der Waals surface area contributed by atoms with Crippen molar-refractivity contribution >= 4 is 28.6 Å². The smallest absolute Gasteiger partial charge is 0.338 e. The van der Waals surface area contributed by atoms with Crippen molar-refractivity contribution in [2.75, 3.05) is 6.61 Å². The average Bonchev–Trinajstić information content (AvgIpc) is 2.93. The van der Waals surface area contributed by atoms with E-state index >= 15 is 0 Å². The zero-order valence-electron chi connectivity index (χ0n) is 14.7. The van der Waals surface area contributed by atoms with Crippen LogP contribution in [0.3, 0.4) is 0 Å². The fourth-order valence-electron chi connectivity index (χ4n) is 2.90. The van der Waals surface area contributed by atoms with Crippen LogP contribution in [0, 0.1) is 0 Å². The van der Waals surface area contributed by atoms with Crippen molar-refractivity contribution in [1.29, 1.82) is 0 Å². The maximum Gasteiger partial charge on any atom is 0.338 e. The van der Waals surface area contributed by atoms with Crippen molar-refractivity contribution in [1.82, 2.24) is 4.57 Å². The fourth-order valence-corrected chi connectivity index (χ4v) is 3.94. The van der Waals surface area contributed by atoms with E-state index < -0.39 is 12.0 Å². The van der Waals surface area contributed by atoms with Gasteiger partial charge in [0, 0.05) is 5.70 Å². The van der Waals surface area contributed by atoms with Gasteiger partial charge in [-0.1, -0.05) is 47.2 Å². The molecule has 1 aliphatic heterocycles. The van der Waals surface area contributed by atoms with Crippen LogP contribution in [0.25, 0.3) is 11.3 Å². The number of carbonyl (C=O) groups is 1. The van der Waals surface area contributed by atoms with Crippen LogP contribution in [0.5, 0.6) is 0 Å². The summed E-state index contributed by atoms with van der Waals surface area (Å²) in [7, 11) is 0. The zero-order chi connectivity index (χ0) is 18.1. The molecule has 2 heterocycles. The SMILES string of the molecule is CCOC(=O)C1=C(C)n2c(sc(=C(C)C)c2=O)=N[C@H]1c1ccccc1. The van der Waals surface area contributed by atoms with Gasteiger partial charge in [-0.25, -0.2) is 9.79 Å². The summed E-state index contributed by atoms with van der Waals surface area (Å²) in [6.45, 7) is 7.62. The number of nitrogens with zero attached hydrogens (tertiary/aromatic N) is 2. The van der Waals surface area contributed by atoms with Crippen molar-refractivity contribution in [3.63, 3.8) is 0 Å². The van der Waals surface area contributed by atoms with E-state index in [0.717, 1.165) is 11.1 Å². The molecule has 0 fully saturated rings. The lowest BCUT2D eigenvalue weighted by molar-refractivity contribution is -0.138. The van der Waals surface area contributed by atoms with Crippen LogP contribution in [0.15, 0.2) is 45.7 Å². The van der Waals surface area contributed by atoms with Crippen molar-refractivity contribution in [3.8, 4) is 0 Å². The van der Waals surface area contributed by atoms with E-state index in [4.69, 9.17) is 9.73 Å². The Kier molecular flexibility index (Phi) is 4.72. The molecule has 0 bridgehead atoms. The third-order valence-corrected chi connectivity index (χ3v) is 5.34. The second kappa shape index (κ2) is 6.80. The molecular formula is C19H20N2O3S. The van der Waals surface area contributed by atoms with Gasteiger partial charge < -0.3 is 4.74 Å². The predicted molar refractivity (Wildman–Crippen MR) is 98.8 cm³/mol. The largest absolute Gasteiger partial charge is 0.463 e. The Labute approximate surface area is 149 Å². The van der Waals surface area contributed by atoms with Crippen LogP contribution in [0.4, 0.5) is 0 Å². The number of fused-ring (bicyclic) bond motifs is 1. The molecule has 130 valence electrons. The van der Waals surface area contributed by atoms with E-state index in [0.29, 0.717) is 20.6 Å². The Morgan fingerprint density at radius 2 is 1.96 bits per heavy atom. The number of thiazole rings is 1. The number of rotatable bonds is 3. The van der Waals surface area contributed by atoms with Gasteiger partial charge in [0.15, 0.2) is 4.80 Å². The standard InChI is InChI=1S/C19H20N2O3S/c1-5-24-18(23)14-12(4)21-17(22)16(11(2)3)25-19(21)20-15(14)13-9-7-6-8-10-13/h6-10,15H,5H2,1-4H3/t15-/m0/s1. The first-order valence-electron chi connectivity index (χ1n) is 8.16. The first-order chi connectivity index (χ1) is 12.0. The molecule has 0 N–H and O–H groups in total. The second-order valence-corrected chi connectivity index (χ2v) is 6.99. The van der Waals surface area contributed by atoms with Crippen molar-refractivity contribution in [3.05, 3.63) is 61.2 Å². The second-order valence-electron chi connectivity index (χ2n) is 6.02. The highest BCUT2D eigenvalue weighted by Crippen LogP contribution is 2.31. The highest BCUT2D eigenvalue weighted by atomic mass is 32.1.